The van der Waals surface area contributed by atoms with Gasteiger partial charge >= 0.3 is 5.69 Å². The third kappa shape index (κ3) is 4.11. The van der Waals surface area contributed by atoms with Gasteiger partial charge in [0.2, 0.25) is 15.9 Å². The number of sulfonamides is 1. The first-order valence-corrected chi connectivity index (χ1v) is 10.1. The van der Waals surface area contributed by atoms with E-state index in [9.17, 15) is 23.3 Å². The van der Waals surface area contributed by atoms with Gasteiger partial charge in [0.15, 0.2) is 0 Å². The Hall–Kier alpha value is -2.63. The lowest BCUT2D eigenvalue weighted by Crippen LogP contribution is -2.41. The summed E-state index contributed by atoms with van der Waals surface area (Å²) in [7, 11) is -3.81. The number of hydrogen-bond donors (Lipinski definition) is 1. The number of nitrogens with one attached hydrogen (secondary N) is 1. The third-order valence-electron chi connectivity index (χ3n) is 4.42. The van der Waals surface area contributed by atoms with Gasteiger partial charge in [-0.15, -0.1) is 0 Å². The van der Waals surface area contributed by atoms with Gasteiger partial charge in [-0.1, -0.05) is 11.6 Å². The van der Waals surface area contributed by atoms with Crippen molar-refractivity contribution in [2.75, 3.05) is 18.4 Å². The van der Waals surface area contributed by atoms with E-state index in [1.807, 2.05) is 0 Å². The number of piperidine rings is 1. The minimum atomic E-state index is -3.81. The molecule has 0 unspecified atom stereocenters. The SMILES string of the molecule is O=C(Nc1ccncc1[N+](=O)[O-])C1CCN(S(=O)(=O)c2cccnc2Cl)CC1. The molecule has 0 atom stereocenters. The van der Waals surface area contributed by atoms with Gasteiger partial charge in [-0.25, -0.2) is 13.4 Å². The highest BCUT2D eigenvalue weighted by atomic mass is 35.5. The van der Waals surface area contributed by atoms with Crippen LogP contribution in [-0.2, 0) is 14.8 Å². The van der Waals surface area contributed by atoms with E-state index in [0.29, 0.717) is 0 Å². The molecule has 0 bridgehead atoms. The number of amides is 1. The average molecular weight is 426 g/mol. The number of nitrogens with zero attached hydrogens (tertiary/aromatic N) is 4. The summed E-state index contributed by atoms with van der Waals surface area (Å²) in [5, 5.41) is 13.5. The van der Waals surface area contributed by atoms with Crippen LogP contribution in [-0.4, -0.2) is 46.6 Å². The van der Waals surface area contributed by atoms with Crippen LogP contribution in [0.5, 0.6) is 0 Å². The fraction of sp³-hybridized carbons (Fsp3) is 0.312. The Morgan fingerprint density at radius 3 is 2.64 bits per heavy atom. The van der Waals surface area contributed by atoms with E-state index in [4.69, 9.17) is 11.6 Å². The summed E-state index contributed by atoms with van der Waals surface area (Å²) in [6.45, 7) is 0.258. The predicted octanol–water partition coefficient (Wildman–Crippen LogP) is 2.08. The number of halogens is 1. The van der Waals surface area contributed by atoms with Crippen molar-refractivity contribution in [1.82, 2.24) is 14.3 Å². The molecule has 0 radical (unpaired) electrons. The average Bonchev–Trinajstić information content (AvgIpc) is 2.68. The van der Waals surface area contributed by atoms with Crippen molar-refractivity contribution in [1.29, 1.82) is 0 Å². The Labute approximate surface area is 165 Å². The van der Waals surface area contributed by atoms with Gasteiger partial charge in [0.1, 0.15) is 21.9 Å². The lowest BCUT2D eigenvalue weighted by Gasteiger charge is -2.30. The number of aromatic nitrogens is 2. The van der Waals surface area contributed by atoms with Gasteiger partial charge in [0, 0.05) is 31.4 Å². The molecule has 2 aromatic rings. The summed E-state index contributed by atoms with van der Waals surface area (Å²) < 4.78 is 26.7. The molecule has 1 saturated heterocycles. The van der Waals surface area contributed by atoms with Crippen LogP contribution in [0.2, 0.25) is 5.15 Å². The molecular weight excluding hydrogens is 410 g/mol. The molecular formula is C16H16ClN5O5S. The predicted molar refractivity (Wildman–Crippen MR) is 100 cm³/mol. The van der Waals surface area contributed by atoms with Gasteiger partial charge in [0.25, 0.3) is 0 Å². The van der Waals surface area contributed by atoms with E-state index in [-0.39, 0.29) is 47.4 Å². The maximum absolute atomic E-state index is 12.7. The number of carbonyl (C=O) groups is 1. The van der Waals surface area contributed by atoms with E-state index in [0.717, 1.165) is 6.20 Å². The maximum atomic E-state index is 12.7. The van der Waals surface area contributed by atoms with Gasteiger partial charge in [0.05, 0.1) is 4.92 Å². The summed E-state index contributed by atoms with van der Waals surface area (Å²) in [6, 6.07) is 4.21. The van der Waals surface area contributed by atoms with Crippen LogP contribution in [0, 0.1) is 16.0 Å². The number of rotatable bonds is 5. The highest BCUT2D eigenvalue weighted by Gasteiger charge is 2.33. The van der Waals surface area contributed by atoms with E-state index in [2.05, 4.69) is 15.3 Å². The molecule has 1 amide bonds. The van der Waals surface area contributed by atoms with Crippen molar-refractivity contribution >= 4 is 38.9 Å². The fourth-order valence-corrected chi connectivity index (χ4v) is 4.83. The molecule has 1 fully saturated rings. The monoisotopic (exact) mass is 425 g/mol. The van der Waals surface area contributed by atoms with Crippen molar-refractivity contribution in [2.24, 2.45) is 5.92 Å². The molecule has 148 valence electrons. The highest BCUT2D eigenvalue weighted by Crippen LogP contribution is 2.28. The molecule has 0 saturated carbocycles. The molecule has 12 heteroatoms. The number of anilines is 1. The molecule has 3 rings (SSSR count). The molecule has 1 aliphatic heterocycles. The zero-order valence-electron chi connectivity index (χ0n) is 14.5. The Bertz CT molecular complexity index is 1010. The summed E-state index contributed by atoms with van der Waals surface area (Å²) in [5.41, 5.74) is -0.246. The van der Waals surface area contributed by atoms with E-state index in [1.54, 1.807) is 0 Å². The Balaban J connectivity index is 1.67. The minimum Gasteiger partial charge on any atom is -0.320 e. The highest BCUT2D eigenvalue weighted by molar-refractivity contribution is 7.89. The standard InChI is InChI=1S/C16H16ClN5O5S/c17-15-14(2-1-6-19-15)28(26,27)21-8-4-11(5-9-21)16(23)20-12-3-7-18-10-13(12)22(24)25/h1-3,6-7,10-11H,4-5,8-9H2,(H,18,20,23). The number of pyridine rings is 2. The molecule has 0 aliphatic carbocycles. The van der Waals surface area contributed by atoms with Gasteiger partial charge in [-0.2, -0.15) is 4.31 Å². The summed E-state index contributed by atoms with van der Waals surface area (Å²) in [4.78, 5) is 30.2. The minimum absolute atomic E-state index is 0.0576. The number of nitro groups is 1. The molecule has 1 aliphatic rings. The van der Waals surface area contributed by atoms with E-state index in [1.165, 1.54) is 34.9 Å². The molecule has 28 heavy (non-hydrogen) atoms. The first kappa shape index (κ1) is 20.1. The van der Waals surface area contributed by atoms with E-state index < -0.39 is 26.8 Å². The van der Waals surface area contributed by atoms with Crippen LogP contribution in [0.3, 0.4) is 0 Å². The zero-order valence-corrected chi connectivity index (χ0v) is 16.1. The first-order chi connectivity index (χ1) is 13.3. The number of carbonyl (C=O) groups excluding carboxylic acids is 1. The lowest BCUT2D eigenvalue weighted by atomic mass is 9.97. The lowest BCUT2D eigenvalue weighted by molar-refractivity contribution is -0.384. The van der Waals surface area contributed by atoms with Crippen molar-refractivity contribution in [2.45, 2.75) is 17.7 Å². The molecule has 1 N–H and O–H groups in total. The summed E-state index contributed by atoms with van der Waals surface area (Å²) in [5.74, 6) is -0.866. The quantitative estimate of drug-likeness (QED) is 0.440. The van der Waals surface area contributed by atoms with Gasteiger partial charge in [-0.3, -0.25) is 19.9 Å². The molecule has 3 heterocycles. The smallest absolute Gasteiger partial charge is 0.310 e. The summed E-state index contributed by atoms with van der Waals surface area (Å²) in [6.07, 6.45) is 4.36. The van der Waals surface area contributed by atoms with Gasteiger partial charge < -0.3 is 5.32 Å². The maximum Gasteiger partial charge on any atom is 0.310 e. The summed E-state index contributed by atoms with van der Waals surface area (Å²) >= 11 is 5.90. The third-order valence-corrected chi connectivity index (χ3v) is 6.77. The van der Waals surface area contributed by atoms with E-state index >= 15 is 0 Å². The Morgan fingerprint density at radius 2 is 2.00 bits per heavy atom. The van der Waals surface area contributed by atoms with Crippen LogP contribution in [0.4, 0.5) is 11.4 Å². The van der Waals surface area contributed by atoms with Gasteiger partial charge in [-0.05, 0) is 31.0 Å². The topological polar surface area (TPSA) is 135 Å². The first-order valence-electron chi connectivity index (χ1n) is 8.30. The van der Waals surface area contributed by atoms with Crippen LogP contribution < -0.4 is 5.32 Å². The molecule has 10 nitrogen and oxygen atoms in total. The van der Waals surface area contributed by atoms with Crippen LogP contribution in [0.15, 0.2) is 41.7 Å². The fourth-order valence-electron chi connectivity index (χ4n) is 2.93. The van der Waals surface area contributed by atoms with Crippen LogP contribution in [0.25, 0.3) is 0 Å². The second-order valence-corrected chi connectivity index (χ2v) is 8.37. The largest absolute Gasteiger partial charge is 0.320 e. The Kier molecular flexibility index (Phi) is 5.87. The van der Waals surface area contributed by atoms with Crippen molar-refractivity contribution < 1.29 is 18.1 Å². The van der Waals surface area contributed by atoms with Crippen LogP contribution >= 0.6 is 11.6 Å². The second-order valence-electron chi connectivity index (χ2n) is 6.11. The zero-order chi connectivity index (χ0) is 20.3. The normalized spacial score (nSPS) is 15.9. The molecule has 2 aromatic heterocycles. The molecule has 0 spiro atoms. The van der Waals surface area contributed by atoms with Crippen molar-refractivity contribution in [3.63, 3.8) is 0 Å². The van der Waals surface area contributed by atoms with Crippen LogP contribution in [0.1, 0.15) is 12.8 Å². The Morgan fingerprint density at radius 1 is 1.29 bits per heavy atom. The van der Waals surface area contributed by atoms with Crippen molar-refractivity contribution in [3.8, 4) is 0 Å². The second kappa shape index (κ2) is 8.17. The molecule has 0 aromatic carbocycles. The number of hydrogen-bond acceptors (Lipinski definition) is 7. The van der Waals surface area contributed by atoms with Crippen molar-refractivity contribution in [3.05, 3.63) is 52.1 Å².